The highest BCUT2D eigenvalue weighted by atomic mass is 35.5. The Balaban J connectivity index is 2.05. The van der Waals surface area contributed by atoms with Gasteiger partial charge in [0.15, 0.2) is 0 Å². The van der Waals surface area contributed by atoms with E-state index in [1.165, 1.54) is 0 Å². The maximum absolute atomic E-state index is 6.06. The third-order valence-electron chi connectivity index (χ3n) is 3.18. The maximum Gasteiger partial charge on any atom is 0.147 e. The third kappa shape index (κ3) is 2.89. The molecule has 0 aliphatic heterocycles. The summed E-state index contributed by atoms with van der Waals surface area (Å²) in [7, 11) is 0. The summed E-state index contributed by atoms with van der Waals surface area (Å²) in [6.45, 7) is 3.47. The van der Waals surface area contributed by atoms with E-state index in [1.54, 1.807) is 11.3 Å². The zero-order chi connectivity index (χ0) is 14.7. The van der Waals surface area contributed by atoms with E-state index in [4.69, 9.17) is 16.3 Å². The SMILES string of the molecule is CCCOc1cccc2c1nc(CCl)n2Cc1nccs1. The van der Waals surface area contributed by atoms with E-state index in [-0.39, 0.29) is 0 Å². The van der Waals surface area contributed by atoms with Gasteiger partial charge in [-0.1, -0.05) is 13.0 Å². The molecule has 0 bridgehead atoms. The van der Waals surface area contributed by atoms with E-state index in [1.807, 2.05) is 29.8 Å². The van der Waals surface area contributed by atoms with Gasteiger partial charge in [0, 0.05) is 11.6 Å². The van der Waals surface area contributed by atoms with Gasteiger partial charge in [-0.15, -0.1) is 22.9 Å². The summed E-state index contributed by atoms with van der Waals surface area (Å²) in [6, 6.07) is 5.99. The van der Waals surface area contributed by atoms with Crippen molar-refractivity contribution in [2.75, 3.05) is 6.61 Å². The van der Waals surface area contributed by atoms with Crippen LogP contribution in [0.5, 0.6) is 5.75 Å². The summed E-state index contributed by atoms with van der Waals surface area (Å²) >= 11 is 7.69. The molecular formula is C15H16ClN3OS. The van der Waals surface area contributed by atoms with E-state index in [0.717, 1.165) is 34.0 Å². The fourth-order valence-corrected chi connectivity index (χ4v) is 3.05. The molecule has 2 aromatic heterocycles. The predicted molar refractivity (Wildman–Crippen MR) is 86.3 cm³/mol. The number of hydrogen-bond donors (Lipinski definition) is 0. The highest BCUT2D eigenvalue weighted by molar-refractivity contribution is 7.09. The van der Waals surface area contributed by atoms with E-state index in [2.05, 4.69) is 21.5 Å². The van der Waals surface area contributed by atoms with Gasteiger partial charge in [0.2, 0.25) is 0 Å². The predicted octanol–water partition coefficient (Wildman–Crippen LogP) is 4.07. The summed E-state index contributed by atoms with van der Waals surface area (Å²) in [5.74, 6) is 2.03. The van der Waals surface area contributed by atoms with E-state index < -0.39 is 0 Å². The Bertz CT molecular complexity index is 724. The molecule has 0 aliphatic carbocycles. The van der Waals surface area contributed by atoms with Crippen LogP contribution >= 0.6 is 22.9 Å². The minimum atomic E-state index is 0.368. The molecular weight excluding hydrogens is 306 g/mol. The fourth-order valence-electron chi connectivity index (χ4n) is 2.24. The average molecular weight is 322 g/mol. The summed E-state index contributed by atoms with van der Waals surface area (Å²) in [4.78, 5) is 8.99. The summed E-state index contributed by atoms with van der Waals surface area (Å²) in [5.41, 5.74) is 1.91. The van der Waals surface area contributed by atoms with Crippen LogP contribution in [-0.4, -0.2) is 21.1 Å². The van der Waals surface area contributed by atoms with Crippen molar-refractivity contribution in [1.82, 2.24) is 14.5 Å². The highest BCUT2D eigenvalue weighted by Gasteiger charge is 2.14. The fraction of sp³-hybridized carbons (Fsp3) is 0.333. The lowest BCUT2D eigenvalue weighted by Crippen LogP contribution is -2.03. The molecule has 3 rings (SSSR count). The summed E-state index contributed by atoms with van der Waals surface area (Å²) in [5, 5.41) is 3.02. The van der Waals surface area contributed by atoms with Gasteiger partial charge < -0.3 is 9.30 Å². The van der Waals surface area contributed by atoms with Crippen LogP contribution in [-0.2, 0) is 12.4 Å². The molecule has 4 nitrogen and oxygen atoms in total. The van der Waals surface area contributed by atoms with Crippen molar-refractivity contribution in [3.05, 3.63) is 40.6 Å². The molecule has 21 heavy (non-hydrogen) atoms. The second-order valence-corrected chi connectivity index (χ2v) is 5.89. The van der Waals surface area contributed by atoms with Crippen LogP contribution < -0.4 is 4.74 Å². The zero-order valence-corrected chi connectivity index (χ0v) is 13.3. The van der Waals surface area contributed by atoms with E-state index in [9.17, 15) is 0 Å². The van der Waals surface area contributed by atoms with Gasteiger partial charge in [0.1, 0.15) is 22.1 Å². The Hall–Kier alpha value is -1.59. The van der Waals surface area contributed by atoms with Gasteiger partial charge in [-0.2, -0.15) is 0 Å². The molecule has 0 N–H and O–H groups in total. The van der Waals surface area contributed by atoms with Crippen molar-refractivity contribution in [3.63, 3.8) is 0 Å². The van der Waals surface area contributed by atoms with Crippen LogP contribution in [0.4, 0.5) is 0 Å². The number of rotatable bonds is 6. The molecule has 2 heterocycles. The van der Waals surface area contributed by atoms with Gasteiger partial charge in [-0.25, -0.2) is 9.97 Å². The second kappa shape index (κ2) is 6.45. The Morgan fingerprint density at radius 2 is 2.29 bits per heavy atom. The molecule has 3 aromatic rings. The molecule has 6 heteroatoms. The number of fused-ring (bicyclic) bond motifs is 1. The van der Waals surface area contributed by atoms with Crippen molar-refractivity contribution in [3.8, 4) is 5.75 Å². The first-order chi connectivity index (χ1) is 10.3. The van der Waals surface area contributed by atoms with Crippen molar-refractivity contribution >= 4 is 34.0 Å². The molecule has 0 aliphatic rings. The van der Waals surface area contributed by atoms with E-state index >= 15 is 0 Å². The van der Waals surface area contributed by atoms with Crippen LogP contribution in [0, 0.1) is 0 Å². The minimum absolute atomic E-state index is 0.368. The molecule has 0 unspecified atom stereocenters. The topological polar surface area (TPSA) is 39.9 Å². The Morgan fingerprint density at radius 1 is 1.38 bits per heavy atom. The number of benzene rings is 1. The largest absolute Gasteiger partial charge is 0.491 e. The molecule has 0 atom stereocenters. The number of ether oxygens (including phenoxy) is 1. The van der Waals surface area contributed by atoms with E-state index in [0.29, 0.717) is 19.0 Å². The normalized spacial score (nSPS) is 11.1. The van der Waals surface area contributed by atoms with Gasteiger partial charge in [0.25, 0.3) is 0 Å². The van der Waals surface area contributed by atoms with Gasteiger partial charge in [-0.3, -0.25) is 0 Å². The van der Waals surface area contributed by atoms with Crippen molar-refractivity contribution in [2.45, 2.75) is 25.8 Å². The van der Waals surface area contributed by atoms with Crippen LogP contribution in [0.1, 0.15) is 24.2 Å². The van der Waals surface area contributed by atoms with Crippen LogP contribution in [0.25, 0.3) is 11.0 Å². The van der Waals surface area contributed by atoms with Crippen molar-refractivity contribution < 1.29 is 4.74 Å². The molecule has 0 saturated heterocycles. The maximum atomic E-state index is 6.06. The number of para-hydroxylation sites is 1. The van der Waals surface area contributed by atoms with Crippen LogP contribution in [0.3, 0.4) is 0 Å². The lowest BCUT2D eigenvalue weighted by molar-refractivity contribution is 0.320. The van der Waals surface area contributed by atoms with Crippen LogP contribution in [0.2, 0.25) is 0 Å². The van der Waals surface area contributed by atoms with Gasteiger partial charge in [-0.05, 0) is 18.6 Å². The first kappa shape index (κ1) is 14.4. The first-order valence-corrected chi connectivity index (χ1v) is 8.30. The molecule has 0 fully saturated rings. The summed E-state index contributed by atoms with van der Waals surface area (Å²) < 4.78 is 7.90. The lowest BCUT2D eigenvalue weighted by Gasteiger charge is -2.07. The smallest absolute Gasteiger partial charge is 0.147 e. The Labute approximate surface area is 132 Å². The number of thiazole rings is 1. The average Bonchev–Trinajstić information content (AvgIpc) is 3.14. The molecule has 0 spiro atoms. The number of imidazole rings is 1. The summed E-state index contributed by atoms with van der Waals surface area (Å²) in [6.07, 6.45) is 2.79. The Kier molecular flexibility index (Phi) is 4.41. The van der Waals surface area contributed by atoms with Crippen LogP contribution in [0.15, 0.2) is 29.8 Å². The number of alkyl halides is 1. The highest BCUT2D eigenvalue weighted by Crippen LogP contribution is 2.27. The number of halogens is 1. The molecule has 0 saturated carbocycles. The molecule has 110 valence electrons. The van der Waals surface area contributed by atoms with Gasteiger partial charge >= 0.3 is 0 Å². The number of hydrogen-bond acceptors (Lipinski definition) is 4. The number of aromatic nitrogens is 3. The standard InChI is InChI=1S/C15H16ClN3OS/c1-2-7-20-12-5-3-4-11-15(12)18-13(9-16)19(11)10-14-17-6-8-21-14/h3-6,8H,2,7,9-10H2,1H3. The van der Waals surface area contributed by atoms with Crippen molar-refractivity contribution in [2.24, 2.45) is 0 Å². The molecule has 0 amide bonds. The molecule has 1 aromatic carbocycles. The number of nitrogens with zero attached hydrogens (tertiary/aromatic N) is 3. The third-order valence-corrected chi connectivity index (χ3v) is 4.18. The van der Waals surface area contributed by atoms with Gasteiger partial charge in [0.05, 0.1) is 24.5 Å². The van der Waals surface area contributed by atoms with Crippen molar-refractivity contribution in [1.29, 1.82) is 0 Å². The Morgan fingerprint density at radius 3 is 3.00 bits per heavy atom. The zero-order valence-electron chi connectivity index (χ0n) is 11.8. The monoisotopic (exact) mass is 321 g/mol. The quantitative estimate of drug-likeness (QED) is 0.642. The second-order valence-electron chi connectivity index (χ2n) is 4.65. The lowest BCUT2D eigenvalue weighted by atomic mass is 10.3. The first-order valence-electron chi connectivity index (χ1n) is 6.88. The molecule has 0 radical (unpaired) electrons. The minimum Gasteiger partial charge on any atom is -0.491 e.